The summed E-state index contributed by atoms with van der Waals surface area (Å²) in [5.41, 5.74) is 0. The van der Waals surface area contributed by atoms with E-state index in [9.17, 15) is 9.59 Å². The lowest BCUT2D eigenvalue weighted by Crippen LogP contribution is -2.32. The van der Waals surface area contributed by atoms with E-state index in [2.05, 4.69) is 0 Å². The van der Waals surface area contributed by atoms with Gasteiger partial charge in [-0.15, -0.1) is 0 Å². The first kappa shape index (κ1) is 20.9. The molecule has 0 atom stereocenters. The van der Waals surface area contributed by atoms with E-state index in [4.69, 9.17) is 14.6 Å². The van der Waals surface area contributed by atoms with E-state index in [1.54, 1.807) is 0 Å². The largest absolute Gasteiger partial charge is 0.466 e. The molecule has 22 heavy (non-hydrogen) atoms. The molecule has 0 heterocycles. The molecule has 0 radical (unpaired) electrons. The van der Waals surface area contributed by atoms with Crippen molar-refractivity contribution in [1.82, 2.24) is 4.90 Å². The standard InChI is InChI=1S/C16H31NO5/c1-3-5-13-21-15(19)7-9-17(11-12-18)10-8-16(20)22-14-6-4-2/h18H,3-14H2,1-2H3. The first-order valence-electron chi connectivity index (χ1n) is 8.28. The molecule has 130 valence electrons. The maximum Gasteiger partial charge on any atom is 0.307 e. The third-order valence-corrected chi connectivity index (χ3v) is 3.20. The second-order valence-electron chi connectivity index (χ2n) is 5.21. The average Bonchev–Trinajstić information content (AvgIpc) is 2.50. The first-order chi connectivity index (χ1) is 10.6. The number of hydrogen-bond donors (Lipinski definition) is 1. The van der Waals surface area contributed by atoms with Crippen LogP contribution in [0.15, 0.2) is 0 Å². The van der Waals surface area contributed by atoms with Crippen LogP contribution < -0.4 is 0 Å². The lowest BCUT2D eigenvalue weighted by molar-refractivity contribution is -0.144. The van der Waals surface area contributed by atoms with Crippen molar-refractivity contribution in [3.05, 3.63) is 0 Å². The van der Waals surface area contributed by atoms with Crippen LogP contribution in [0.2, 0.25) is 0 Å². The summed E-state index contributed by atoms with van der Waals surface area (Å²) in [5.74, 6) is -0.469. The molecule has 0 unspecified atom stereocenters. The molecule has 0 rings (SSSR count). The van der Waals surface area contributed by atoms with Crippen LogP contribution in [0.5, 0.6) is 0 Å². The maximum atomic E-state index is 11.5. The summed E-state index contributed by atoms with van der Waals surface area (Å²) < 4.78 is 10.2. The van der Waals surface area contributed by atoms with Gasteiger partial charge < -0.3 is 14.6 Å². The van der Waals surface area contributed by atoms with Gasteiger partial charge in [0.1, 0.15) is 0 Å². The number of ether oxygens (including phenoxy) is 2. The molecule has 0 aliphatic carbocycles. The zero-order valence-electron chi connectivity index (χ0n) is 14.0. The molecule has 0 amide bonds. The summed E-state index contributed by atoms with van der Waals surface area (Å²) in [6.45, 7) is 6.38. The van der Waals surface area contributed by atoms with Crippen LogP contribution in [-0.2, 0) is 19.1 Å². The molecule has 0 spiro atoms. The van der Waals surface area contributed by atoms with E-state index in [1.807, 2.05) is 18.7 Å². The van der Waals surface area contributed by atoms with Crippen molar-refractivity contribution in [2.24, 2.45) is 0 Å². The molecular formula is C16H31NO5. The normalized spacial score (nSPS) is 10.7. The Morgan fingerprint density at radius 3 is 1.68 bits per heavy atom. The van der Waals surface area contributed by atoms with Gasteiger partial charge in [-0.2, -0.15) is 0 Å². The minimum Gasteiger partial charge on any atom is -0.466 e. The first-order valence-corrected chi connectivity index (χ1v) is 8.28. The van der Waals surface area contributed by atoms with Crippen molar-refractivity contribution in [3.63, 3.8) is 0 Å². The Morgan fingerprint density at radius 2 is 1.32 bits per heavy atom. The molecular weight excluding hydrogens is 286 g/mol. The average molecular weight is 317 g/mol. The van der Waals surface area contributed by atoms with Crippen LogP contribution in [0.3, 0.4) is 0 Å². The molecule has 6 heteroatoms. The number of unbranched alkanes of at least 4 members (excludes halogenated alkanes) is 2. The van der Waals surface area contributed by atoms with Gasteiger partial charge in [0.05, 0.1) is 32.7 Å². The fourth-order valence-corrected chi connectivity index (χ4v) is 1.78. The number of aliphatic hydroxyl groups is 1. The van der Waals surface area contributed by atoms with Gasteiger partial charge in [-0.05, 0) is 12.8 Å². The highest BCUT2D eigenvalue weighted by atomic mass is 16.5. The van der Waals surface area contributed by atoms with Crippen molar-refractivity contribution in [2.45, 2.75) is 52.4 Å². The molecule has 0 aromatic carbocycles. The van der Waals surface area contributed by atoms with Crippen molar-refractivity contribution in [2.75, 3.05) is 39.5 Å². The monoisotopic (exact) mass is 317 g/mol. The van der Waals surface area contributed by atoms with Crippen LogP contribution in [0.4, 0.5) is 0 Å². The van der Waals surface area contributed by atoms with Gasteiger partial charge in [-0.3, -0.25) is 14.5 Å². The highest BCUT2D eigenvalue weighted by Crippen LogP contribution is 1.99. The van der Waals surface area contributed by atoms with Crippen LogP contribution in [0.25, 0.3) is 0 Å². The Morgan fingerprint density at radius 1 is 0.864 bits per heavy atom. The second kappa shape index (κ2) is 14.8. The predicted octanol–water partition coefficient (Wildman–Crippen LogP) is 1.75. The molecule has 1 N–H and O–H groups in total. The Hall–Kier alpha value is -1.14. The van der Waals surface area contributed by atoms with E-state index in [0.717, 1.165) is 25.7 Å². The molecule has 0 aromatic heterocycles. The van der Waals surface area contributed by atoms with Gasteiger partial charge >= 0.3 is 11.9 Å². The third kappa shape index (κ3) is 12.6. The summed E-state index contributed by atoms with van der Waals surface area (Å²) in [5, 5.41) is 9.04. The Labute approximate surface area is 133 Å². The zero-order valence-corrected chi connectivity index (χ0v) is 14.0. The van der Waals surface area contributed by atoms with E-state index >= 15 is 0 Å². The minimum absolute atomic E-state index is 0.00420. The molecule has 0 bridgehead atoms. The van der Waals surface area contributed by atoms with Crippen molar-refractivity contribution in [3.8, 4) is 0 Å². The number of nitrogens with zero attached hydrogens (tertiary/aromatic N) is 1. The number of carbonyl (C=O) groups excluding carboxylic acids is 2. The summed E-state index contributed by atoms with van der Waals surface area (Å²) in [7, 11) is 0. The molecule has 0 aromatic rings. The van der Waals surface area contributed by atoms with Gasteiger partial charge in [0.2, 0.25) is 0 Å². The fourth-order valence-electron chi connectivity index (χ4n) is 1.78. The van der Waals surface area contributed by atoms with Crippen molar-refractivity contribution < 1.29 is 24.2 Å². The molecule has 0 aliphatic heterocycles. The van der Waals surface area contributed by atoms with Gasteiger partial charge in [-0.1, -0.05) is 26.7 Å². The molecule has 0 saturated carbocycles. The predicted molar refractivity (Wildman–Crippen MR) is 84.5 cm³/mol. The van der Waals surface area contributed by atoms with Crippen molar-refractivity contribution in [1.29, 1.82) is 0 Å². The number of carbonyl (C=O) groups is 2. The van der Waals surface area contributed by atoms with Crippen LogP contribution in [0.1, 0.15) is 52.4 Å². The van der Waals surface area contributed by atoms with Crippen LogP contribution >= 0.6 is 0 Å². The topological polar surface area (TPSA) is 76.1 Å². The lowest BCUT2D eigenvalue weighted by Gasteiger charge is -2.20. The minimum atomic E-state index is -0.234. The highest BCUT2D eigenvalue weighted by molar-refractivity contribution is 5.70. The summed E-state index contributed by atoms with van der Waals surface area (Å²) in [6.07, 6.45) is 4.27. The van der Waals surface area contributed by atoms with Crippen molar-refractivity contribution >= 4 is 11.9 Å². The van der Waals surface area contributed by atoms with Crippen LogP contribution in [-0.4, -0.2) is 61.4 Å². The Balaban J connectivity index is 3.89. The molecule has 0 saturated heterocycles. The van der Waals surface area contributed by atoms with Gasteiger partial charge in [-0.25, -0.2) is 0 Å². The fraction of sp³-hybridized carbons (Fsp3) is 0.875. The zero-order chi connectivity index (χ0) is 16.6. The van der Waals surface area contributed by atoms with E-state index in [0.29, 0.717) is 32.8 Å². The Bertz CT molecular complexity index is 270. The van der Waals surface area contributed by atoms with Gasteiger partial charge in [0.25, 0.3) is 0 Å². The molecule has 0 fully saturated rings. The van der Waals surface area contributed by atoms with E-state index in [-0.39, 0.29) is 31.4 Å². The maximum absolute atomic E-state index is 11.5. The van der Waals surface area contributed by atoms with E-state index in [1.165, 1.54) is 0 Å². The number of rotatable bonds is 14. The van der Waals surface area contributed by atoms with Gasteiger partial charge in [0, 0.05) is 19.6 Å². The number of hydrogen-bond acceptors (Lipinski definition) is 6. The second-order valence-corrected chi connectivity index (χ2v) is 5.21. The molecule has 6 nitrogen and oxygen atoms in total. The quantitative estimate of drug-likeness (QED) is 0.388. The summed E-state index contributed by atoms with van der Waals surface area (Å²) >= 11 is 0. The summed E-state index contributed by atoms with van der Waals surface area (Å²) in [6, 6.07) is 0. The smallest absolute Gasteiger partial charge is 0.307 e. The van der Waals surface area contributed by atoms with Gasteiger partial charge in [0.15, 0.2) is 0 Å². The SMILES string of the molecule is CCCCOC(=O)CCN(CCO)CCC(=O)OCCCC. The van der Waals surface area contributed by atoms with E-state index < -0.39 is 0 Å². The van der Waals surface area contributed by atoms with Crippen LogP contribution in [0, 0.1) is 0 Å². The summed E-state index contributed by atoms with van der Waals surface area (Å²) in [4.78, 5) is 24.9. The molecule has 0 aliphatic rings. The Kier molecular flexibility index (Phi) is 14.0. The number of esters is 2. The third-order valence-electron chi connectivity index (χ3n) is 3.20. The highest BCUT2D eigenvalue weighted by Gasteiger charge is 2.11. The lowest BCUT2D eigenvalue weighted by atomic mass is 10.3. The number of aliphatic hydroxyl groups excluding tert-OH is 1.